The van der Waals surface area contributed by atoms with Gasteiger partial charge in [-0.2, -0.15) is 0 Å². The van der Waals surface area contributed by atoms with E-state index < -0.39 is 0 Å². The number of piperidine rings is 1. The largest absolute Gasteiger partial charge is 0.450 e. The summed E-state index contributed by atoms with van der Waals surface area (Å²) in [6, 6.07) is 0.256. The van der Waals surface area contributed by atoms with Crippen LogP contribution in [-0.4, -0.2) is 41.3 Å². The van der Waals surface area contributed by atoms with Crippen molar-refractivity contribution in [3.8, 4) is 0 Å². The zero-order valence-corrected chi connectivity index (χ0v) is 16.9. The standard InChI is InChI=1S/C20H40N2O2/c1-7-9-10-11-12-13-14-22(18(23)24-8-2)17-15-19(3,4)21-20(5,6)16-17/h17,21H,7-16H2,1-6H3. The van der Waals surface area contributed by atoms with E-state index >= 15 is 0 Å². The van der Waals surface area contributed by atoms with Crippen molar-refractivity contribution in [2.45, 2.75) is 110 Å². The monoisotopic (exact) mass is 340 g/mol. The first-order valence-electron chi connectivity index (χ1n) is 9.93. The summed E-state index contributed by atoms with van der Waals surface area (Å²) in [5.41, 5.74) is 0.0799. The fourth-order valence-electron chi connectivity index (χ4n) is 4.18. The number of unbranched alkanes of at least 4 members (excludes halogenated alkanes) is 5. The first-order chi connectivity index (χ1) is 11.2. The van der Waals surface area contributed by atoms with Gasteiger partial charge < -0.3 is 15.0 Å². The Labute approximate surface area is 149 Å². The average molecular weight is 341 g/mol. The van der Waals surface area contributed by atoms with Crippen LogP contribution in [0.4, 0.5) is 4.79 Å². The molecule has 0 aromatic rings. The van der Waals surface area contributed by atoms with E-state index in [4.69, 9.17) is 4.74 Å². The van der Waals surface area contributed by atoms with Crippen LogP contribution < -0.4 is 5.32 Å². The molecule has 0 atom stereocenters. The Morgan fingerprint density at radius 2 is 1.54 bits per heavy atom. The fourth-order valence-corrected chi connectivity index (χ4v) is 4.18. The summed E-state index contributed by atoms with van der Waals surface area (Å²) < 4.78 is 5.36. The van der Waals surface area contributed by atoms with Crippen molar-refractivity contribution in [3.63, 3.8) is 0 Å². The molecule has 142 valence electrons. The maximum atomic E-state index is 12.5. The van der Waals surface area contributed by atoms with Crippen molar-refractivity contribution < 1.29 is 9.53 Å². The Morgan fingerprint density at radius 3 is 2.08 bits per heavy atom. The summed E-state index contributed by atoms with van der Waals surface area (Å²) in [4.78, 5) is 14.5. The minimum atomic E-state index is -0.135. The lowest BCUT2D eigenvalue weighted by Gasteiger charge is -2.49. The molecule has 1 amide bonds. The molecule has 1 aliphatic rings. The van der Waals surface area contributed by atoms with Crippen LogP contribution in [0, 0.1) is 0 Å². The highest BCUT2D eigenvalue weighted by Gasteiger charge is 2.41. The van der Waals surface area contributed by atoms with Gasteiger partial charge in [0.2, 0.25) is 0 Å². The van der Waals surface area contributed by atoms with E-state index in [1.807, 2.05) is 11.8 Å². The van der Waals surface area contributed by atoms with Crippen LogP contribution in [0.5, 0.6) is 0 Å². The molecule has 1 rings (SSSR count). The lowest BCUT2D eigenvalue weighted by atomic mass is 9.79. The SMILES string of the molecule is CCCCCCCCN(C(=O)OCC)C1CC(C)(C)NC(C)(C)C1. The van der Waals surface area contributed by atoms with Crippen molar-refractivity contribution >= 4 is 6.09 Å². The van der Waals surface area contributed by atoms with Crippen LogP contribution in [0.25, 0.3) is 0 Å². The topological polar surface area (TPSA) is 41.6 Å². The molecular formula is C20H40N2O2. The Morgan fingerprint density at radius 1 is 1.00 bits per heavy atom. The highest BCUT2D eigenvalue weighted by atomic mass is 16.6. The van der Waals surface area contributed by atoms with Gasteiger partial charge in [-0.1, -0.05) is 39.0 Å². The van der Waals surface area contributed by atoms with Gasteiger partial charge in [0.15, 0.2) is 0 Å². The maximum Gasteiger partial charge on any atom is 0.409 e. The third-order valence-corrected chi connectivity index (χ3v) is 4.86. The summed E-state index contributed by atoms with van der Waals surface area (Å²) in [7, 11) is 0. The van der Waals surface area contributed by atoms with E-state index in [1.165, 1.54) is 32.1 Å². The van der Waals surface area contributed by atoms with E-state index in [9.17, 15) is 4.79 Å². The van der Waals surface area contributed by atoms with Gasteiger partial charge in [0.1, 0.15) is 0 Å². The first kappa shape index (κ1) is 21.3. The fraction of sp³-hybridized carbons (Fsp3) is 0.950. The van der Waals surface area contributed by atoms with Crippen molar-refractivity contribution in [2.75, 3.05) is 13.2 Å². The normalized spacial score (nSPS) is 19.9. The van der Waals surface area contributed by atoms with Crippen LogP contribution in [0.1, 0.15) is 92.9 Å². The van der Waals surface area contributed by atoms with Crippen LogP contribution in [0.3, 0.4) is 0 Å². The number of amides is 1. The third-order valence-electron chi connectivity index (χ3n) is 4.86. The molecule has 1 heterocycles. The van der Waals surface area contributed by atoms with Crippen LogP contribution in [-0.2, 0) is 4.74 Å². The first-order valence-corrected chi connectivity index (χ1v) is 9.93. The maximum absolute atomic E-state index is 12.5. The second-order valence-electron chi connectivity index (χ2n) is 8.61. The Kier molecular flexibility index (Phi) is 8.55. The molecular weight excluding hydrogens is 300 g/mol. The molecule has 1 N–H and O–H groups in total. The number of hydrogen-bond acceptors (Lipinski definition) is 3. The van der Waals surface area contributed by atoms with Gasteiger partial charge in [-0.15, -0.1) is 0 Å². The van der Waals surface area contributed by atoms with Crippen LogP contribution in [0.2, 0.25) is 0 Å². The molecule has 1 saturated heterocycles. The van der Waals surface area contributed by atoms with Gasteiger partial charge in [-0.25, -0.2) is 4.79 Å². The number of nitrogens with zero attached hydrogens (tertiary/aromatic N) is 1. The molecule has 0 aliphatic carbocycles. The number of rotatable bonds is 9. The van der Waals surface area contributed by atoms with Gasteiger partial charge in [-0.05, 0) is 53.9 Å². The summed E-state index contributed by atoms with van der Waals surface area (Å²) in [5, 5.41) is 3.70. The molecule has 0 aromatic carbocycles. The molecule has 24 heavy (non-hydrogen) atoms. The Balaban J connectivity index is 2.65. The number of hydrogen-bond donors (Lipinski definition) is 1. The number of ether oxygens (including phenoxy) is 1. The highest BCUT2D eigenvalue weighted by Crippen LogP contribution is 2.32. The highest BCUT2D eigenvalue weighted by molar-refractivity contribution is 5.68. The summed E-state index contributed by atoms with van der Waals surface area (Å²) >= 11 is 0. The molecule has 0 unspecified atom stereocenters. The predicted octanol–water partition coefficient (Wildman–Crippen LogP) is 5.11. The van der Waals surface area contributed by atoms with Crippen molar-refractivity contribution in [1.29, 1.82) is 0 Å². The average Bonchev–Trinajstić information content (AvgIpc) is 2.43. The number of carbonyl (C=O) groups excluding carboxylic acids is 1. The van der Waals surface area contributed by atoms with Crippen LogP contribution in [0.15, 0.2) is 0 Å². The van der Waals surface area contributed by atoms with Gasteiger partial charge in [0.25, 0.3) is 0 Å². The molecule has 1 fully saturated rings. The Hall–Kier alpha value is -0.770. The second kappa shape index (κ2) is 9.65. The van der Waals surface area contributed by atoms with Crippen molar-refractivity contribution in [1.82, 2.24) is 10.2 Å². The van der Waals surface area contributed by atoms with Crippen LogP contribution >= 0.6 is 0 Å². The lowest BCUT2D eigenvalue weighted by molar-refractivity contribution is 0.0463. The van der Waals surface area contributed by atoms with Crippen molar-refractivity contribution in [3.05, 3.63) is 0 Å². The van der Waals surface area contributed by atoms with E-state index in [0.29, 0.717) is 6.61 Å². The molecule has 4 heteroatoms. The molecule has 0 radical (unpaired) electrons. The zero-order chi connectivity index (χ0) is 18.2. The molecule has 0 bridgehead atoms. The zero-order valence-electron chi connectivity index (χ0n) is 16.9. The molecule has 0 aromatic heterocycles. The molecule has 0 saturated carbocycles. The van der Waals surface area contributed by atoms with E-state index in [1.54, 1.807) is 0 Å². The molecule has 1 aliphatic heterocycles. The number of carbonyl (C=O) groups is 1. The van der Waals surface area contributed by atoms with Gasteiger partial charge in [-0.3, -0.25) is 0 Å². The quantitative estimate of drug-likeness (QED) is 0.593. The van der Waals surface area contributed by atoms with E-state index in [2.05, 4.69) is 39.9 Å². The summed E-state index contributed by atoms with van der Waals surface area (Å²) in [6.07, 6.45) is 9.27. The Bertz CT molecular complexity index is 364. The minimum Gasteiger partial charge on any atom is -0.450 e. The second-order valence-corrected chi connectivity index (χ2v) is 8.61. The summed E-state index contributed by atoms with van der Waals surface area (Å²) in [5.74, 6) is 0. The minimum absolute atomic E-state index is 0.0400. The van der Waals surface area contributed by atoms with E-state index in [0.717, 1.165) is 25.8 Å². The van der Waals surface area contributed by atoms with Gasteiger partial charge in [0.05, 0.1) is 6.61 Å². The lowest BCUT2D eigenvalue weighted by Crippen LogP contribution is -2.63. The summed E-state index contributed by atoms with van der Waals surface area (Å²) in [6.45, 7) is 14.3. The smallest absolute Gasteiger partial charge is 0.409 e. The van der Waals surface area contributed by atoms with Crippen molar-refractivity contribution in [2.24, 2.45) is 0 Å². The van der Waals surface area contributed by atoms with Gasteiger partial charge in [0, 0.05) is 23.7 Å². The van der Waals surface area contributed by atoms with E-state index in [-0.39, 0.29) is 23.2 Å². The predicted molar refractivity (Wildman–Crippen MR) is 101 cm³/mol. The molecule has 4 nitrogen and oxygen atoms in total. The van der Waals surface area contributed by atoms with Gasteiger partial charge >= 0.3 is 6.09 Å². The third kappa shape index (κ3) is 7.42. The number of nitrogens with one attached hydrogen (secondary N) is 1. The molecule has 0 spiro atoms.